The van der Waals surface area contributed by atoms with E-state index in [9.17, 15) is 14.0 Å². The van der Waals surface area contributed by atoms with Crippen LogP contribution in [0.5, 0.6) is 0 Å². The number of hydrogen-bond acceptors (Lipinski definition) is 3. The number of rotatable bonds is 2. The molecule has 0 saturated carbocycles. The van der Waals surface area contributed by atoms with Crippen LogP contribution in [0.15, 0.2) is 12.1 Å². The van der Waals surface area contributed by atoms with Crippen molar-refractivity contribution in [2.75, 3.05) is 13.1 Å². The molecular weight excluding hydrogens is 462 g/mol. The van der Waals surface area contributed by atoms with E-state index in [0.29, 0.717) is 16.7 Å². The van der Waals surface area contributed by atoms with Gasteiger partial charge in [-0.25, -0.2) is 9.18 Å². The summed E-state index contributed by atoms with van der Waals surface area (Å²) in [6, 6.07) is 2.35. The van der Waals surface area contributed by atoms with Crippen molar-refractivity contribution in [1.82, 2.24) is 10.2 Å². The van der Waals surface area contributed by atoms with Gasteiger partial charge < -0.3 is 15.0 Å². The van der Waals surface area contributed by atoms with E-state index in [1.807, 2.05) is 43.4 Å². The summed E-state index contributed by atoms with van der Waals surface area (Å²) in [4.78, 5) is 26.2. The van der Waals surface area contributed by atoms with Crippen LogP contribution in [0.25, 0.3) is 0 Å². The summed E-state index contributed by atoms with van der Waals surface area (Å²) in [5, 5.41) is 2.94. The zero-order chi connectivity index (χ0) is 18.8. The highest BCUT2D eigenvalue weighted by molar-refractivity contribution is 14.1. The molecule has 0 bridgehead atoms. The molecule has 0 spiro atoms. The second-order valence-electron chi connectivity index (χ2n) is 6.99. The molecule has 1 atom stereocenters. The van der Waals surface area contributed by atoms with Gasteiger partial charge in [0, 0.05) is 22.7 Å². The van der Waals surface area contributed by atoms with Crippen molar-refractivity contribution in [2.24, 2.45) is 0 Å². The van der Waals surface area contributed by atoms with Crippen molar-refractivity contribution in [3.05, 3.63) is 32.1 Å². The second kappa shape index (κ2) is 8.07. The fraction of sp³-hybridized carbons (Fsp3) is 0.529. The molecule has 1 heterocycles. The normalized spacial score (nSPS) is 18.0. The van der Waals surface area contributed by atoms with Gasteiger partial charge in [0.2, 0.25) is 0 Å². The molecule has 2 amide bonds. The summed E-state index contributed by atoms with van der Waals surface area (Å²) < 4.78 is 19.2. The first kappa shape index (κ1) is 20.2. The Bertz CT molecular complexity index is 679. The van der Waals surface area contributed by atoms with E-state index in [4.69, 9.17) is 16.3 Å². The van der Waals surface area contributed by atoms with Crippen LogP contribution in [0.3, 0.4) is 0 Å². The summed E-state index contributed by atoms with van der Waals surface area (Å²) in [6.07, 6.45) is 1.13. The molecule has 1 aromatic carbocycles. The Kier molecular flexibility index (Phi) is 6.53. The third kappa shape index (κ3) is 5.70. The lowest BCUT2D eigenvalue weighted by Gasteiger charge is -2.34. The van der Waals surface area contributed by atoms with E-state index >= 15 is 0 Å². The first-order valence-corrected chi connectivity index (χ1v) is 9.46. The number of likely N-dealkylation sites (tertiary alicyclic amines) is 1. The standard InChI is InChI=1S/C17H21ClFIN2O3/c1-17(2,3)25-16(24)22-6-4-5-10(9-22)21-15(23)11-7-14(20)13(19)8-12(11)18/h7-8,10H,4-6,9H2,1-3H3,(H,21,23). The van der Waals surface area contributed by atoms with Gasteiger partial charge in [-0.05, 0) is 68.3 Å². The number of benzene rings is 1. The Morgan fingerprint density at radius 1 is 1.40 bits per heavy atom. The summed E-state index contributed by atoms with van der Waals surface area (Å²) in [7, 11) is 0. The van der Waals surface area contributed by atoms with Gasteiger partial charge in [0.25, 0.3) is 5.91 Å². The fourth-order valence-corrected chi connectivity index (χ4v) is 3.25. The van der Waals surface area contributed by atoms with Gasteiger partial charge in [-0.3, -0.25) is 4.79 Å². The Balaban J connectivity index is 2.02. The molecule has 5 nitrogen and oxygen atoms in total. The van der Waals surface area contributed by atoms with Gasteiger partial charge in [0.05, 0.1) is 10.6 Å². The number of hydrogen-bond donors (Lipinski definition) is 1. The van der Waals surface area contributed by atoms with E-state index < -0.39 is 11.4 Å². The Morgan fingerprint density at radius 3 is 2.72 bits per heavy atom. The molecular formula is C17H21ClFIN2O3. The monoisotopic (exact) mass is 482 g/mol. The molecule has 0 aliphatic carbocycles. The van der Waals surface area contributed by atoms with E-state index in [0.717, 1.165) is 18.9 Å². The molecule has 1 saturated heterocycles. The predicted molar refractivity (Wildman–Crippen MR) is 102 cm³/mol. The summed E-state index contributed by atoms with van der Waals surface area (Å²) >= 11 is 7.79. The smallest absolute Gasteiger partial charge is 0.410 e. The molecule has 1 aliphatic heterocycles. The van der Waals surface area contributed by atoms with Crippen LogP contribution in [-0.2, 0) is 4.74 Å². The second-order valence-corrected chi connectivity index (χ2v) is 8.55. The summed E-state index contributed by atoms with van der Waals surface area (Å²) in [6.45, 7) is 6.40. The highest BCUT2D eigenvalue weighted by Crippen LogP contribution is 2.23. The van der Waals surface area contributed by atoms with Crippen molar-refractivity contribution < 1.29 is 18.7 Å². The van der Waals surface area contributed by atoms with Gasteiger partial charge in [0.1, 0.15) is 11.4 Å². The van der Waals surface area contributed by atoms with E-state index in [2.05, 4.69) is 5.32 Å². The number of ether oxygens (including phenoxy) is 1. The van der Waals surface area contributed by atoms with Crippen LogP contribution in [0.4, 0.5) is 9.18 Å². The molecule has 1 aromatic rings. The quantitative estimate of drug-likeness (QED) is 0.507. The van der Waals surface area contributed by atoms with E-state index in [1.54, 1.807) is 4.90 Å². The molecule has 1 N–H and O–H groups in total. The maximum Gasteiger partial charge on any atom is 0.410 e. The average Bonchev–Trinajstić information content (AvgIpc) is 2.49. The lowest BCUT2D eigenvalue weighted by atomic mass is 10.1. The lowest BCUT2D eigenvalue weighted by molar-refractivity contribution is 0.0185. The summed E-state index contributed by atoms with van der Waals surface area (Å²) in [5.74, 6) is -0.838. The molecule has 1 unspecified atom stereocenters. The molecule has 138 valence electrons. The zero-order valence-electron chi connectivity index (χ0n) is 14.4. The van der Waals surface area contributed by atoms with Crippen LogP contribution in [0.2, 0.25) is 5.02 Å². The molecule has 2 rings (SSSR count). The van der Waals surface area contributed by atoms with Crippen molar-refractivity contribution in [1.29, 1.82) is 0 Å². The Hall–Kier alpha value is -1.09. The van der Waals surface area contributed by atoms with Crippen LogP contribution in [0, 0.1) is 9.39 Å². The van der Waals surface area contributed by atoms with Gasteiger partial charge in [-0.15, -0.1) is 0 Å². The van der Waals surface area contributed by atoms with Crippen molar-refractivity contribution in [2.45, 2.75) is 45.3 Å². The summed E-state index contributed by atoms with van der Waals surface area (Å²) in [5.41, 5.74) is -0.340. The largest absolute Gasteiger partial charge is 0.444 e. The van der Waals surface area contributed by atoms with E-state index in [-0.39, 0.29) is 28.6 Å². The van der Waals surface area contributed by atoms with Crippen molar-refractivity contribution >= 4 is 46.2 Å². The molecule has 0 radical (unpaired) electrons. The number of halogens is 3. The topological polar surface area (TPSA) is 58.6 Å². The lowest BCUT2D eigenvalue weighted by Crippen LogP contribution is -2.50. The maximum atomic E-state index is 13.5. The van der Waals surface area contributed by atoms with E-state index in [1.165, 1.54) is 6.07 Å². The molecule has 0 aromatic heterocycles. The molecule has 1 aliphatic rings. The van der Waals surface area contributed by atoms with Gasteiger partial charge in [-0.1, -0.05) is 11.6 Å². The fourth-order valence-electron chi connectivity index (χ4n) is 2.55. The van der Waals surface area contributed by atoms with Gasteiger partial charge >= 0.3 is 6.09 Å². The minimum absolute atomic E-state index is 0.0650. The zero-order valence-corrected chi connectivity index (χ0v) is 17.3. The molecule has 25 heavy (non-hydrogen) atoms. The molecule has 8 heteroatoms. The maximum absolute atomic E-state index is 13.5. The highest BCUT2D eigenvalue weighted by atomic mass is 127. The highest BCUT2D eigenvalue weighted by Gasteiger charge is 2.29. The van der Waals surface area contributed by atoms with Crippen LogP contribution in [-0.4, -0.2) is 41.6 Å². The van der Waals surface area contributed by atoms with Crippen molar-refractivity contribution in [3.8, 4) is 0 Å². The van der Waals surface area contributed by atoms with Crippen LogP contribution >= 0.6 is 34.2 Å². The number of carbonyl (C=O) groups excluding carboxylic acids is 2. The first-order chi connectivity index (χ1) is 11.6. The van der Waals surface area contributed by atoms with Gasteiger partial charge in [0.15, 0.2) is 0 Å². The van der Waals surface area contributed by atoms with Crippen LogP contribution < -0.4 is 5.32 Å². The minimum atomic E-state index is -0.564. The predicted octanol–water partition coefficient (Wildman–Crippen LogP) is 4.21. The third-order valence-corrected chi connectivity index (χ3v) is 4.80. The number of nitrogens with one attached hydrogen (secondary N) is 1. The van der Waals surface area contributed by atoms with Crippen LogP contribution in [0.1, 0.15) is 44.0 Å². The number of amides is 2. The minimum Gasteiger partial charge on any atom is -0.444 e. The average molecular weight is 483 g/mol. The number of carbonyl (C=O) groups is 2. The first-order valence-electron chi connectivity index (χ1n) is 8.00. The number of nitrogens with zero attached hydrogens (tertiary/aromatic N) is 1. The number of piperidine rings is 1. The Labute approximate surface area is 165 Å². The third-order valence-electron chi connectivity index (χ3n) is 3.66. The SMILES string of the molecule is CC(C)(C)OC(=O)N1CCCC(NC(=O)c2cc(I)c(F)cc2Cl)C1. The Morgan fingerprint density at radius 2 is 2.08 bits per heavy atom. The van der Waals surface area contributed by atoms with Gasteiger partial charge in [-0.2, -0.15) is 0 Å². The molecule has 1 fully saturated rings. The van der Waals surface area contributed by atoms with Crippen molar-refractivity contribution in [3.63, 3.8) is 0 Å².